The van der Waals surface area contributed by atoms with Gasteiger partial charge in [0.05, 0.1) is 37.0 Å². The fourth-order valence-corrected chi connectivity index (χ4v) is 4.42. The molecule has 1 N–H and O–H groups in total. The molecular formula is C26H29IN2O7. The molecule has 0 radical (unpaired) electrons. The third-order valence-electron chi connectivity index (χ3n) is 5.14. The number of halogens is 1. The molecule has 3 rings (SSSR count). The molecule has 0 spiro atoms. The molecule has 0 saturated carbocycles. The van der Waals surface area contributed by atoms with E-state index in [1.807, 2.05) is 20.8 Å². The van der Waals surface area contributed by atoms with Crippen LogP contribution >= 0.6 is 22.6 Å². The summed E-state index contributed by atoms with van der Waals surface area (Å²) >= 11 is 2.09. The van der Waals surface area contributed by atoms with Crippen molar-refractivity contribution in [3.8, 4) is 23.0 Å². The molecule has 1 saturated heterocycles. The second-order valence-corrected chi connectivity index (χ2v) is 8.90. The topological polar surface area (TPSA) is 103 Å². The van der Waals surface area contributed by atoms with E-state index >= 15 is 0 Å². The maximum absolute atomic E-state index is 13.3. The smallest absolute Gasteiger partial charge is 0.331 e. The van der Waals surface area contributed by atoms with Crippen LogP contribution in [0.2, 0.25) is 0 Å². The molecule has 0 atom stereocenters. The second-order valence-electron chi connectivity index (χ2n) is 7.74. The molecule has 192 valence electrons. The minimum atomic E-state index is -0.786. The number of rotatable bonds is 11. The van der Waals surface area contributed by atoms with Crippen molar-refractivity contribution in [2.45, 2.75) is 33.7 Å². The molecule has 1 heterocycles. The first-order chi connectivity index (χ1) is 17.3. The van der Waals surface area contributed by atoms with Crippen LogP contribution in [0.15, 0.2) is 35.9 Å². The number of benzene rings is 2. The zero-order valence-corrected chi connectivity index (χ0v) is 22.8. The van der Waals surface area contributed by atoms with E-state index < -0.39 is 17.8 Å². The Labute approximate surface area is 223 Å². The molecule has 0 bridgehead atoms. The third-order valence-corrected chi connectivity index (χ3v) is 5.94. The van der Waals surface area contributed by atoms with Gasteiger partial charge >= 0.3 is 6.03 Å². The predicted octanol–water partition coefficient (Wildman–Crippen LogP) is 4.55. The number of carbonyl (C=O) groups is 3. The Morgan fingerprint density at radius 3 is 2.33 bits per heavy atom. The van der Waals surface area contributed by atoms with Gasteiger partial charge in [-0.2, -0.15) is 0 Å². The number of urea groups is 1. The van der Waals surface area contributed by atoms with Crippen molar-refractivity contribution in [1.29, 1.82) is 0 Å². The molecule has 2 aromatic carbocycles. The molecule has 1 fully saturated rings. The third kappa shape index (κ3) is 6.28. The summed E-state index contributed by atoms with van der Waals surface area (Å²) < 4.78 is 23.2. The number of hydrogen-bond acceptors (Lipinski definition) is 7. The Morgan fingerprint density at radius 2 is 1.67 bits per heavy atom. The number of hydrogen-bond donors (Lipinski definition) is 1. The number of barbiturate groups is 1. The lowest BCUT2D eigenvalue weighted by atomic mass is 10.1. The van der Waals surface area contributed by atoms with Crippen molar-refractivity contribution >= 4 is 46.5 Å². The van der Waals surface area contributed by atoms with Crippen LogP contribution in [-0.4, -0.2) is 49.7 Å². The van der Waals surface area contributed by atoms with E-state index in [2.05, 4.69) is 27.9 Å². The van der Waals surface area contributed by atoms with Crippen molar-refractivity contribution < 1.29 is 33.3 Å². The number of nitrogens with one attached hydrogen (secondary N) is 1. The van der Waals surface area contributed by atoms with Gasteiger partial charge in [-0.3, -0.25) is 19.8 Å². The van der Waals surface area contributed by atoms with E-state index in [1.54, 1.807) is 37.4 Å². The summed E-state index contributed by atoms with van der Waals surface area (Å²) in [5.74, 6) is 0.708. The number of nitrogens with zero attached hydrogens (tertiary/aromatic N) is 1. The fourth-order valence-electron chi connectivity index (χ4n) is 3.57. The first-order valence-electron chi connectivity index (χ1n) is 11.6. The highest BCUT2D eigenvalue weighted by atomic mass is 127. The predicted molar refractivity (Wildman–Crippen MR) is 142 cm³/mol. The van der Waals surface area contributed by atoms with Crippen LogP contribution in [0.1, 0.15) is 38.3 Å². The molecule has 36 heavy (non-hydrogen) atoms. The van der Waals surface area contributed by atoms with Gasteiger partial charge < -0.3 is 18.9 Å². The summed E-state index contributed by atoms with van der Waals surface area (Å²) in [4.78, 5) is 39.4. The van der Waals surface area contributed by atoms with Gasteiger partial charge in [0, 0.05) is 0 Å². The number of methoxy groups -OCH3 is 1. The van der Waals surface area contributed by atoms with Crippen LogP contribution in [0, 0.1) is 3.57 Å². The lowest BCUT2D eigenvalue weighted by Gasteiger charge is -2.26. The van der Waals surface area contributed by atoms with Gasteiger partial charge in [-0.05, 0) is 84.3 Å². The number of ether oxygens (including phenoxy) is 4. The molecule has 0 unspecified atom stereocenters. The molecule has 9 nitrogen and oxygen atoms in total. The Balaban J connectivity index is 1.91. The summed E-state index contributed by atoms with van der Waals surface area (Å²) in [7, 11) is 1.54. The SMILES string of the molecule is CCCOc1ccc(CN2C(=O)NC(=O)/C(=C\c3cc(I)c(OC)c(OCC)c3)C2=O)cc1OCC. The molecule has 10 heteroatoms. The average Bonchev–Trinajstić information content (AvgIpc) is 2.84. The summed E-state index contributed by atoms with van der Waals surface area (Å²) in [5.41, 5.74) is 1.05. The molecule has 0 aromatic heterocycles. The largest absolute Gasteiger partial charge is 0.492 e. The van der Waals surface area contributed by atoms with Gasteiger partial charge in [-0.25, -0.2) is 4.79 Å². The highest BCUT2D eigenvalue weighted by molar-refractivity contribution is 14.1. The van der Waals surface area contributed by atoms with Gasteiger partial charge in [-0.1, -0.05) is 13.0 Å². The monoisotopic (exact) mass is 608 g/mol. The van der Waals surface area contributed by atoms with Crippen molar-refractivity contribution in [2.75, 3.05) is 26.9 Å². The van der Waals surface area contributed by atoms with E-state index in [1.165, 1.54) is 6.08 Å². The Bertz CT molecular complexity index is 1180. The van der Waals surface area contributed by atoms with Crippen LogP contribution in [0.5, 0.6) is 23.0 Å². The van der Waals surface area contributed by atoms with E-state index in [0.717, 1.165) is 14.9 Å². The minimum absolute atomic E-state index is 0.0479. The van der Waals surface area contributed by atoms with Crippen LogP contribution in [0.25, 0.3) is 6.08 Å². The van der Waals surface area contributed by atoms with E-state index in [4.69, 9.17) is 18.9 Å². The van der Waals surface area contributed by atoms with Crippen LogP contribution in [-0.2, 0) is 16.1 Å². The summed E-state index contributed by atoms with van der Waals surface area (Å²) in [6.07, 6.45) is 2.28. The first kappa shape index (κ1) is 27.3. The van der Waals surface area contributed by atoms with Gasteiger partial charge in [0.2, 0.25) is 0 Å². The summed E-state index contributed by atoms with van der Waals surface area (Å²) in [6, 6.07) is 7.90. The fraction of sp³-hybridized carbons (Fsp3) is 0.346. The molecular weight excluding hydrogens is 579 g/mol. The van der Waals surface area contributed by atoms with Crippen molar-refractivity contribution in [2.24, 2.45) is 0 Å². The zero-order chi connectivity index (χ0) is 26.2. The lowest BCUT2D eigenvalue weighted by molar-refractivity contribution is -0.130. The highest BCUT2D eigenvalue weighted by Crippen LogP contribution is 2.35. The lowest BCUT2D eigenvalue weighted by Crippen LogP contribution is -2.53. The van der Waals surface area contributed by atoms with Crippen LogP contribution in [0.4, 0.5) is 4.79 Å². The van der Waals surface area contributed by atoms with Gasteiger partial charge in [0.15, 0.2) is 23.0 Å². The summed E-state index contributed by atoms with van der Waals surface area (Å²) in [5, 5.41) is 2.25. The number of carbonyl (C=O) groups excluding carboxylic acids is 3. The Morgan fingerprint density at radius 1 is 0.944 bits per heavy atom. The Hall–Kier alpha value is -3.28. The normalized spacial score (nSPS) is 14.6. The van der Waals surface area contributed by atoms with Crippen LogP contribution in [0.3, 0.4) is 0 Å². The number of amides is 4. The highest BCUT2D eigenvalue weighted by Gasteiger charge is 2.36. The first-order valence-corrected chi connectivity index (χ1v) is 12.7. The quantitative estimate of drug-likeness (QED) is 0.227. The maximum Gasteiger partial charge on any atom is 0.331 e. The van der Waals surface area contributed by atoms with E-state index in [9.17, 15) is 14.4 Å². The van der Waals surface area contributed by atoms with Crippen molar-refractivity contribution in [3.05, 3.63) is 50.6 Å². The molecule has 1 aliphatic rings. The molecule has 4 amide bonds. The summed E-state index contributed by atoms with van der Waals surface area (Å²) in [6.45, 7) is 7.05. The standard InChI is InChI=1S/C26H29IN2O7/c1-5-10-36-20-9-8-16(13-21(20)34-6-2)15-29-25(31)18(24(30)28-26(29)32)11-17-12-19(27)23(33-4)22(14-17)35-7-3/h8-9,11-14H,5-7,10,15H2,1-4H3,(H,28,30,32)/b18-11+. The minimum Gasteiger partial charge on any atom is -0.492 e. The number of imide groups is 2. The van der Waals surface area contributed by atoms with Crippen molar-refractivity contribution in [1.82, 2.24) is 10.2 Å². The van der Waals surface area contributed by atoms with Crippen LogP contribution < -0.4 is 24.3 Å². The maximum atomic E-state index is 13.3. The zero-order valence-electron chi connectivity index (χ0n) is 20.7. The Kier molecular flexibility index (Phi) is 9.57. The van der Waals surface area contributed by atoms with Gasteiger partial charge in [0.25, 0.3) is 11.8 Å². The molecule has 0 aliphatic carbocycles. The van der Waals surface area contributed by atoms with E-state index in [-0.39, 0.29) is 12.1 Å². The molecule has 2 aromatic rings. The average molecular weight is 608 g/mol. The molecule has 1 aliphatic heterocycles. The van der Waals surface area contributed by atoms with Crippen molar-refractivity contribution in [3.63, 3.8) is 0 Å². The second kappa shape index (κ2) is 12.6. The van der Waals surface area contributed by atoms with Gasteiger partial charge in [-0.15, -0.1) is 0 Å². The van der Waals surface area contributed by atoms with E-state index in [0.29, 0.717) is 53.9 Å². The van der Waals surface area contributed by atoms with Gasteiger partial charge in [0.1, 0.15) is 5.57 Å².